The Hall–Kier alpha value is -3.36. The summed E-state index contributed by atoms with van der Waals surface area (Å²) in [5.41, 5.74) is 3.74. The van der Waals surface area contributed by atoms with Crippen LogP contribution in [0.4, 0.5) is 13.2 Å². The molecule has 1 amide bonds. The number of carbonyl (C=O) groups excluding carboxylic acids is 1. The van der Waals surface area contributed by atoms with Gasteiger partial charge in [-0.25, -0.2) is 13.2 Å². The summed E-state index contributed by atoms with van der Waals surface area (Å²) in [6.45, 7) is 0.617. The van der Waals surface area contributed by atoms with E-state index in [1.807, 2.05) is 4.90 Å². The third kappa shape index (κ3) is 3.20. The summed E-state index contributed by atoms with van der Waals surface area (Å²) in [7, 11) is 1.70. The predicted octanol–water partition coefficient (Wildman–Crippen LogP) is 4.52. The van der Waals surface area contributed by atoms with Gasteiger partial charge in [-0.15, -0.1) is 0 Å². The zero-order valence-electron chi connectivity index (χ0n) is 18.7. The maximum absolute atomic E-state index is 14.0. The van der Waals surface area contributed by atoms with E-state index in [2.05, 4.69) is 10.1 Å². The summed E-state index contributed by atoms with van der Waals surface area (Å²) in [6, 6.07) is 3.46. The second-order valence-electron chi connectivity index (χ2n) is 9.23. The summed E-state index contributed by atoms with van der Waals surface area (Å²) in [5, 5.41) is 4.67. The minimum atomic E-state index is -1.49. The quantitative estimate of drug-likeness (QED) is 0.519. The smallest absolute Gasteiger partial charge is 0.256 e. The number of amides is 1. The number of benzene rings is 1. The van der Waals surface area contributed by atoms with Crippen molar-refractivity contribution in [1.82, 2.24) is 19.7 Å². The van der Waals surface area contributed by atoms with Gasteiger partial charge in [0.2, 0.25) is 0 Å². The Bertz CT molecular complexity index is 1300. The van der Waals surface area contributed by atoms with E-state index >= 15 is 0 Å². The molecule has 3 aromatic rings. The number of aryl methyl sites for hydroxylation is 2. The van der Waals surface area contributed by atoms with Crippen LogP contribution in [0.2, 0.25) is 0 Å². The molecule has 1 saturated heterocycles. The molecule has 1 fully saturated rings. The average molecular weight is 468 g/mol. The third-order valence-corrected chi connectivity index (χ3v) is 7.16. The van der Waals surface area contributed by atoms with Crippen molar-refractivity contribution in [2.45, 2.75) is 50.6 Å². The standard InChI is InChI=1S/C25H23F3N4O2/c1-31-24(13-8-17(26)22(28)18(27)9-13)16-11-15-4-2-6-20(23(16)30-31)32(15)25(33)14-10-21-19(29-12-14)5-3-7-34-21/h8-10,12,15,20H,2-7,11H2,1H3/t15-,20+/m1/s1. The van der Waals surface area contributed by atoms with Crippen LogP contribution in [0.3, 0.4) is 0 Å². The van der Waals surface area contributed by atoms with E-state index in [1.165, 1.54) is 0 Å². The topological polar surface area (TPSA) is 60.2 Å². The molecular formula is C25H23F3N4O2. The number of hydrogen-bond acceptors (Lipinski definition) is 4. The van der Waals surface area contributed by atoms with Crippen LogP contribution in [-0.2, 0) is 19.9 Å². The van der Waals surface area contributed by atoms with Crippen molar-refractivity contribution in [1.29, 1.82) is 0 Å². The largest absolute Gasteiger partial charge is 0.492 e. The minimum Gasteiger partial charge on any atom is -0.492 e. The van der Waals surface area contributed by atoms with Crippen LogP contribution in [-0.4, -0.2) is 38.2 Å². The molecule has 0 spiro atoms. The summed E-state index contributed by atoms with van der Waals surface area (Å²) < 4.78 is 48.8. The fourth-order valence-electron chi connectivity index (χ4n) is 5.68. The molecule has 2 bridgehead atoms. The van der Waals surface area contributed by atoms with Gasteiger partial charge < -0.3 is 9.64 Å². The molecule has 5 heterocycles. The third-order valence-electron chi connectivity index (χ3n) is 7.16. The van der Waals surface area contributed by atoms with Gasteiger partial charge in [-0.05, 0) is 56.7 Å². The Kier molecular flexibility index (Phi) is 4.89. The fraction of sp³-hybridized carbons (Fsp3) is 0.400. The first-order chi connectivity index (χ1) is 16.4. The highest BCUT2D eigenvalue weighted by atomic mass is 19.2. The molecule has 0 saturated carbocycles. The Balaban J connectivity index is 1.40. The lowest BCUT2D eigenvalue weighted by molar-refractivity contribution is 0.0391. The van der Waals surface area contributed by atoms with E-state index in [9.17, 15) is 18.0 Å². The summed E-state index contributed by atoms with van der Waals surface area (Å²) in [6.07, 6.45) is 6.39. The zero-order valence-corrected chi connectivity index (χ0v) is 18.7. The van der Waals surface area contributed by atoms with Gasteiger partial charge in [0.05, 0.1) is 35.3 Å². The van der Waals surface area contributed by atoms with E-state index < -0.39 is 17.5 Å². The molecule has 34 heavy (non-hydrogen) atoms. The number of rotatable bonds is 2. The molecule has 176 valence electrons. The number of carbonyl (C=O) groups is 1. The Morgan fingerprint density at radius 3 is 2.71 bits per heavy atom. The number of hydrogen-bond donors (Lipinski definition) is 0. The first kappa shape index (κ1) is 21.2. The summed E-state index contributed by atoms with van der Waals surface area (Å²) in [4.78, 5) is 20.0. The molecule has 3 aliphatic rings. The van der Waals surface area contributed by atoms with Gasteiger partial charge in [-0.1, -0.05) is 0 Å². The average Bonchev–Trinajstić information content (AvgIpc) is 3.16. The maximum Gasteiger partial charge on any atom is 0.256 e. The fourth-order valence-corrected chi connectivity index (χ4v) is 5.68. The van der Waals surface area contributed by atoms with Crippen molar-refractivity contribution in [2.24, 2.45) is 7.05 Å². The second-order valence-corrected chi connectivity index (χ2v) is 9.23. The highest BCUT2D eigenvalue weighted by molar-refractivity contribution is 5.95. The molecule has 0 radical (unpaired) electrons. The van der Waals surface area contributed by atoms with Gasteiger partial charge in [0, 0.05) is 30.4 Å². The van der Waals surface area contributed by atoms with Crippen LogP contribution in [0.1, 0.15) is 59.0 Å². The number of halogens is 3. The van der Waals surface area contributed by atoms with E-state index in [-0.39, 0.29) is 23.6 Å². The van der Waals surface area contributed by atoms with Crippen LogP contribution in [0.5, 0.6) is 5.75 Å². The van der Waals surface area contributed by atoms with E-state index in [1.54, 1.807) is 24.0 Å². The number of pyridine rings is 1. The molecule has 6 nitrogen and oxygen atoms in total. The first-order valence-electron chi connectivity index (χ1n) is 11.6. The monoisotopic (exact) mass is 468 g/mol. The van der Waals surface area contributed by atoms with Crippen molar-refractivity contribution < 1.29 is 22.7 Å². The SMILES string of the molecule is Cn1nc2c(c1-c1cc(F)c(F)c(F)c1)C[C@H]1CCC[C@@H]2N1C(=O)c1cnc2c(c1)OCCC2. The molecule has 2 aromatic heterocycles. The molecule has 0 unspecified atom stereocenters. The Morgan fingerprint density at radius 2 is 1.91 bits per heavy atom. The van der Waals surface area contributed by atoms with Crippen LogP contribution >= 0.6 is 0 Å². The van der Waals surface area contributed by atoms with E-state index in [0.29, 0.717) is 30.0 Å². The zero-order chi connectivity index (χ0) is 23.6. The number of nitrogens with zero attached hydrogens (tertiary/aromatic N) is 4. The van der Waals surface area contributed by atoms with Crippen LogP contribution in [0.25, 0.3) is 11.3 Å². The highest BCUT2D eigenvalue weighted by Crippen LogP contribution is 2.45. The van der Waals surface area contributed by atoms with E-state index in [0.717, 1.165) is 61.2 Å². The summed E-state index contributed by atoms with van der Waals surface area (Å²) in [5.74, 6) is -3.41. The molecule has 3 aliphatic heterocycles. The van der Waals surface area contributed by atoms with Gasteiger partial charge in [0.15, 0.2) is 17.5 Å². The van der Waals surface area contributed by atoms with Gasteiger partial charge in [-0.3, -0.25) is 14.5 Å². The number of aromatic nitrogens is 3. The lowest BCUT2D eigenvalue weighted by atomic mass is 9.81. The van der Waals surface area contributed by atoms with Crippen LogP contribution in [0, 0.1) is 17.5 Å². The number of ether oxygens (including phenoxy) is 1. The molecule has 2 atom stereocenters. The van der Waals surface area contributed by atoms with Gasteiger partial charge in [0.1, 0.15) is 5.75 Å². The van der Waals surface area contributed by atoms with E-state index in [4.69, 9.17) is 4.74 Å². The van der Waals surface area contributed by atoms with Crippen molar-refractivity contribution >= 4 is 5.91 Å². The maximum atomic E-state index is 14.0. The van der Waals surface area contributed by atoms with Crippen molar-refractivity contribution in [3.63, 3.8) is 0 Å². The molecule has 0 aliphatic carbocycles. The molecule has 6 rings (SSSR count). The normalized spacial score (nSPS) is 21.0. The summed E-state index contributed by atoms with van der Waals surface area (Å²) >= 11 is 0. The minimum absolute atomic E-state index is 0.0752. The Morgan fingerprint density at radius 1 is 1.12 bits per heavy atom. The van der Waals surface area contributed by atoms with Crippen molar-refractivity contribution in [3.8, 4) is 17.0 Å². The number of fused-ring (bicyclic) bond motifs is 5. The first-order valence-corrected chi connectivity index (χ1v) is 11.6. The molecule has 9 heteroatoms. The van der Waals surface area contributed by atoms with Gasteiger partial charge in [0.25, 0.3) is 5.91 Å². The van der Waals surface area contributed by atoms with Gasteiger partial charge >= 0.3 is 0 Å². The lowest BCUT2D eigenvalue weighted by Crippen LogP contribution is -2.49. The highest BCUT2D eigenvalue weighted by Gasteiger charge is 2.43. The van der Waals surface area contributed by atoms with Crippen LogP contribution < -0.4 is 4.74 Å². The molecule has 0 N–H and O–H groups in total. The molecule has 1 aromatic carbocycles. The molecular weight excluding hydrogens is 445 g/mol. The van der Waals surface area contributed by atoms with Crippen LogP contribution in [0.15, 0.2) is 24.4 Å². The van der Waals surface area contributed by atoms with Crippen molar-refractivity contribution in [2.75, 3.05) is 6.61 Å². The Labute approximate surface area is 194 Å². The van der Waals surface area contributed by atoms with Crippen molar-refractivity contribution in [3.05, 3.63) is 64.4 Å². The number of piperidine rings is 1. The van der Waals surface area contributed by atoms with Gasteiger partial charge in [-0.2, -0.15) is 5.10 Å². The second kappa shape index (κ2) is 7.85. The lowest BCUT2D eigenvalue weighted by Gasteiger charge is -2.45. The predicted molar refractivity (Wildman–Crippen MR) is 117 cm³/mol.